The third kappa shape index (κ3) is 2.12. The number of pyridine rings is 1. The van der Waals surface area contributed by atoms with Gasteiger partial charge >= 0.3 is 0 Å². The highest BCUT2D eigenvalue weighted by molar-refractivity contribution is 9.10. The Morgan fingerprint density at radius 1 is 1.31 bits per heavy atom. The van der Waals surface area contributed by atoms with Crippen LogP contribution in [0.5, 0.6) is 0 Å². The maximum Gasteiger partial charge on any atom is 0.196 e. The van der Waals surface area contributed by atoms with E-state index < -0.39 is 0 Å². The SMILES string of the molecule is Nc1cc(Br)ccc1C(=O)c1cccnc1. The quantitative estimate of drug-likeness (QED) is 0.678. The fourth-order valence-corrected chi connectivity index (χ4v) is 1.77. The Kier molecular flexibility index (Phi) is 3.01. The van der Waals surface area contributed by atoms with Crippen molar-refractivity contribution in [1.29, 1.82) is 0 Å². The molecule has 2 aromatic rings. The monoisotopic (exact) mass is 276 g/mol. The molecule has 0 aliphatic carbocycles. The average molecular weight is 277 g/mol. The van der Waals surface area contributed by atoms with Crippen LogP contribution in [0.15, 0.2) is 47.2 Å². The molecule has 0 bridgehead atoms. The summed E-state index contributed by atoms with van der Waals surface area (Å²) >= 11 is 3.30. The van der Waals surface area contributed by atoms with Crippen molar-refractivity contribution in [3.05, 3.63) is 58.3 Å². The minimum atomic E-state index is -0.113. The lowest BCUT2D eigenvalue weighted by Crippen LogP contribution is -2.05. The lowest BCUT2D eigenvalue weighted by atomic mass is 10.0. The molecular weight excluding hydrogens is 268 g/mol. The second-order valence-corrected chi connectivity index (χ2v) is 4.22. The maximum absolute atomic E-state index is 12.0. The molecule has 0 saturated carbocycles. The predicted octanol–water partition coefficient (Wildman–Crippen LogP) is 2.66. The summed E-state index contributed by atoms with van der Waals surface area (Å²) in [6.45, 7) is 0. The van der Waals surface area contributed by atoms with Crippen molar-refractivity contribution >= 4 is 27.4 Å². The minimum absolute atomic E-state index is 0.113. The summed E-state index contributed by atoms with van der Waals surface area (Å²) in [5.41, 5.74) is 7.28. The minimum Gasteiger partial charge on any atom is -0.398 e. The lowest BCUT2D eigenvalue weighted by Gasteiger charge is -2.04. The van der Waals surface area contributed by atoms with Crippen molar-refractivity contribution < 1.29 is 4.79 Å². The van der Waals surface area contributed by atoms with Crippen molar-refractivity contribution in [2.75, 3.05) is 5.73 Å². The molecule has 0 aliphatic heterocycles. The van der Waals surface area contributed by atoms with Gasteiger partial charge in [0.05, 0.1) is 0 Å². The molecule has 0 amide bonds. The van der Waals surface area contributed by atoms with E-state index in [2.05, 4.69) is 20.9 Å². The number of nitrogen functional groups attached to an aromatic ring is 1. The van der Waals surface area contributed by atoms with Gasteiger partial charge in [-0.15, -0.1) is 0 Å². The van der Waals surface area contributed by atoms with Crippen LogP contribution in [-0.4, -0.2) is 10.8 Å². The highest BCUT2D eigenvalue weighted by atomic mass is 79.9. The predicted molar refractivity (Wildman–Crippen MR) is 66.2 cm³/mol. The van der Waals surface area contributed by atoms with Gasteiger partial charge in [0.2, 0.25) is 0 Å². The van der Waals surface area contributed by atoms with Gasteiger partial charge in [0.1, 0.15) is 0 Å². The number of carbonyl (C=O) groups is 1. The number of nitrogens with zero attached hydrogens (tertiary/aromatic N) is 1. The fourth-order valence-electron chi connectivity index (χ4n) is 1.39. The van der Waals surface area contributed by atoms with Gasteiger partial charge in [-0.2, -0.15) is 0 Å². The van der Waals surface area contributed by atoms with E-state index >= 15 is 0 Å². The molecule has 2 N–H and O–H groups in total. The number of benzene rings is 1. The van der Waals surface area contributed by atoms with Gasteiger partial charge < -0.3 is 5.73 Å². The number of hydrogen-bond donors (Lipinski definition) is 1. The number of anilines is 1. The van der Waals surface area contributed by atoms with Crippen LogP contribution in [0, 0.1) is 0 Å². The van der Waals surface area contributed by atoms with E-state index in [4.69, 9.17) is 5.73 Å². The third-order valence-corrected chi connectivity index (χ3v) is 2.68. The fraction of sp³-hybridized carbons (Fsp3) is 0. The number of hydrogen-bond acceptors (Lipinski definition) is 3. The van der Waals surface area contributed by atoms with Crippen molar-refractivity contribution in [2.45, 2.75) is 0 Å². The van der Waals surface area contributed by atoms with Gasteiger partial charge in [-0.3, -0.25) is 9.78 Å². The summed E-state index contributed by atoms with van der Waals surface area (Å²) in [6.07, 6.45) is 3.16. The molecule has 0 fully saturated rings. The van der Waals surface area contributed by atoms with Crippen molar-refractivity contribution in [3.63, 3.8) is 0 Å². The first-order chi connectivity index (χ1) is 7.68. The lowest BCUT2D eigenvalue weighted by molar-refractivity contribution is 0.103. The van der Waals surface area contributed by atoms with E-state index in [0.717, 1.165) is 4.47 Å². The number of rotatable bonds is 2. The Balaban J connectivity index is 2.42. The molecule has 2 rings (SSSR count). The molecule has 3 nitrogen and oxygen atoms in total. The second kappa shape index (κ2) is 4.45. The molecule has 1 aromatic carbocycles. The van der Waals surface area contributed by atoms with Crippen LogP contribution >= 0.6 is 15.9 Å². The van der Waals surface area contributed by atoms with Crippen LogP contribution in [0.3, 0.4) is 0 Å². The van der Waals surface area contributed by atoms with E-state index in [1.165, 1.54) is 6.20 Å². The zero-order valence-corrected chi connectivity index (χ0v) is 9.94. The highest BCUT2D eigenvalue weighted by Gasteiger charge is 2.12. The standard InChI is InChI=1S/C12H9BrN2O/c13-9-3-4-10(11(14)6-9)12(16)8-2-1-5-15-7-8/h1-7H,14H2. The summed E-state index contributed by atoms with van der Waals surface area (Å²) in [7, 11) is 0. The van der Waals surface area contributed by atoms with Crippen molar-refractivity contribution in [3.8, 4) is 0 Å². The molecule has 16 heavy (non-hydrogen) atoms. The second-order valence-electron chi connectivity index (χ2n) is 3.30. The molecule has 0 aliphatic rings. The zero-order chi connectivity index (χ0) is 11.5. The van der Waals surface area contributed by atoms with Crippen LogP contribution < -0.4 is 5.73 Å². The molecule has 0 atom stereocenters. The molecule has 0 spiro atoms. The number of aromatic nitrogens is 1. The number of nitrogens with two attached hydrogens (primary N) is 1. The Morgan fingerprint density at radius 2 is 2.12 bits per heavy atom. The Bertz CT molecular complexity index is 526. The first-order valence-corrected chi connectivity index (χ1v) is 5.47. The first kappa shape index (κ1) is 10.8. The molecule has 0 radical (unpaired) electrons. The summed E-state index contributed by atoms with van der Waals surface area (Å²) in [4.78, 5) is 16.0. The Hall–Kier alpha value is -1.68. The van der Waals surface area contributed by atoms with Crippen LogP contribution in [-0.2, 0) is 0 Å². The third-order valence-electron chi connectivity index (χ3n) is 2.18. The summed E-state index contributed by atoms with van der Waals surface area (Å²) in [5.74, 6) is -0.113. The summed E-state index contributed by atoms with van der Waals surface area (Å²) in [6, 6.07) is 8.65. The Labute approximate surface area is 101 Å². The number of ketones is 1. The molecule has 80 valence electrons. The van der Waals surface area contributed by atoms with Gasteiger partial charge in [-0.1, -0.05) is 15.9 Å². The molecule has 0 saturated heterocycles. The van der Waals surface area contributed by atoms with E-state index in [0.29, 0.717) is 16.8 Å². The summed E-state index contributed by atoms with van der Waals surface area (Å²) < 4.78 is 0.854. The van der Waals surface area contributed by atoms with Crippen LogP contribution in [0.1, 0.15) is 15.9 Å². The van der Waals surface area contributed by atoms with E-state index in [1.807, 2.05) is 0 Å². The van der Waals surface area contributed by atoms with Crippen LogP contribution in [0.25, 0.3) is 0 Å². The largest absolute Gasteiger partial charge is 0.398 e. The van der Waals surface area contributed by atoms with Gasteiger partial charge in [-0.25, -0.2) is 0 Å². The van der Waals surface area contributed by atoms with Gasteiger partial charge in [-0.05, 0) is 30.3 Å². The van der Waals surface area contributed by atoms with Gasteiger partial charge in [0, 0.05) is 33.7 Å². The molecule has 0 unspecified atom stereocenters. The zero-order valence-electron chi connectivity index (χ0n) is 8.35. The van der Waals surface area contributed by atoms with E-state index in [9.17, 15) is 4.79 Å². The van der Waals surface area contributed by atoms with E-state index in [1.54, 1.807) is 36.5 Å². The van der Waals surface area contributed by atoms with Gasteiger partial charge in [0.15, 0.2) is 5.78 Å². The van der Waals surface area contributed by atoms with Crippen molar-refractivity contribution in [2.24, 2.45) is 0 Å². The van der Waals surface area contributed by atoms with Crippen LogP contribution in [0.2, 0.25) is 0 Å². The highest BCUT2D eigenvalue weighted by Crippen LogP contribution is 2.20. The van der Waals surface area contributed by atoms with Crippen molar-refractivity contribution in [1.82, 2.24) is 4.98 Å². The average Bonchev–Trinajstić information content (AvgIpc) is 2.29. The molecule has 4 heteroatoms. The summed E-state index contributed by atoms with van der Waals surface area (Å²) in [5, 5.41) is 0. The van der Waals surface area contributed by atoms with Gasteiger partial charge in [0.25, 0.3) is 0 Å². The van der Waals surface area contributed by atoms with Crippen LogP contribution in [0.4, 0.5) is 5.69 Å². The molecule has 1 aromatic heterocycles. The topological polar surface area (TPSA) is 56.0 Å². The first-order valence-electron chi connectivity index (χ1n) is 4.68. The van der Waals surface area contributed by atoms with E-state index in [-0.39, 0.29) is 5.78 Å². The number of carbonyl (C=O) groups excluding carboxylic acids is 1. The molecule has 1 heterocycles. The normalized spacial score (nSPS) is 10.1. The molecular formula is C12H9BrN2O. The smallest absolute Gasteiger partial charge is 0.196 e. The maximum atomic E-state index is 12.0. The Morgan fingerprint density at radius 3 is 2.75 bits per heavy atom. The number of halogens is 1.